The van der Waals surface area contributed by atoms with E-state index in [0.29, 0.717) is 13.2 Å². The van der Waals surface area contributed by atoms with Crippen molar-refractivity contribution in [2.24, 2.45) is 5.92 Å². The quantitative estimate of drug-likeness (QED) is 0.263. The molecule has 1 aliphatic rings. The van der Waals surface area contributed by atoms with E-state index in [0.717, 1.165) is 11.8 Å². The maximum atomic E-state index is 5.66. The van der Waals surface area contributed by atoms with Gasteiger partial charge in [0.1, 0.15) is 0 Å². The summed E-state index contributed by atoms with van der Waals surface area (Å²) >= 11 is 0. The van der Waals surface area contributed by atoms with Gasteiger partial charge in [-0.05, 0) is 86.5 Å². The Hall–Kier alpha value is -2.12. The van der Waals surface area contributed by atoms with E-state index in [1.165, 1.54) is 73.6 Å². The van der Waals surface area contributed by atoms with E-state index in [1.807, 2.05) is 13.0 Å². The molecule has 0 heterocycles. The van der Waals surface area contributed by atoms with Crippen molar-refractivity contribution < 1.29 is 4.74 Å². The van der Waals surface area contributed by atoms with Crippen LogP contribution in [0.2, 0.25) is 0 Å². The Kier molecular flexibility index (Phi) is 10.1. The van der Waals surface area contributed by atoms with E-state index in [2.05, 4.69) is 73.7 Å². The molecule has 0 aromatic heterocycles. The van der Waals surface area contributed by atoms with Crippen LogP contribution in [0.3, 0.4) is 0 Å². The Balaban J connectivity index is 1.32. The first-order chi connectivity index (χ1) is 15.3. The standard InChI is InChI=1S/C30H40O/c1-3-5-23-31-24-28-17-21-30(22-18-28)29-19-15-27(16-20-29)10-7-6-9-26-13-11-25(8-4-2)12-14-26/h3-5,8,11-14,17-18,21-22,27,29H,6-7,9-10,15-16,19-20,23-24H2,1-2H3/t27-,29-. The molecule has 0 radical (unpaired) electrons. The van der Waals surface area contributed by atoms with Gasteiger partial charge in [-0.15, -0.1) is 0 Å². The topological polar surface area (TPSA) is 9.23 Å². The van der Waals surface area contributed by atoms with Gasteiger partial charge < -0.3 is 4.74 Å². The van der Waals surface area contributed by atoms with Gasteiger partial charge in [0, 0.05) is 0 Å². The van der Waals surface area contributed by atoms with Crippen molar-refractivity contribution in [1.82, 2.24) is 0 Å². The Bertz CT molecular complexity index is 789. The molecule has 1 fully saturated rings. The molecule has 0 spiro atoms. The van der Waals surface area contributed by atoms with Gasteiger partial charge in [-0.1, -0.05) is 85.7 Å². The molecule has 0 unspecified atom stereocenters. The lowest BCUT2D eigenvalue weighted by atomic mass is 9.77. The van der Waals surface area contributed by atoms with Crippen LogP contribution < -0.4 is 0 Å². The third-order valence-electron chi connectivity index (χ3n) is 6.68. The highest BCUT2D eigenvalue weighted by molar-refractivity contribution is 5.49. The second kappa shape index (κ2) is 13.3. The molecule has 0 aliphatic heterocycles. The first-order valence-electron chi connectivity index (χ1n) is 12.3. The van der Waals surface area contributed by atoms with Crippen LogP contribution in [-0.4, -0.2) is 6.61 Å². The molecule has 1 nitrogen and oxygen atoms in total. The molecule has 166 valence electrons. The fourth-order valence-electron chi connectivity index (χ4n) is 4.76. The van der Waals surface area contributed by atoms with E-state index in [4.69, 9.17) is 4.74 Å². The van der Waals surface area contributed by atoms with Gasteiger partial charge in [-0.25, -0.2) is 0 Å². The second-order valence-electron chi connectivity index (χ2n) is 9.03. The van der Waals surface area contributed by atoms with E-state index < -0.39 is 0 Å². The number of benzene rings is 2. The molecule has 0 amide bonds. The molecular weight excluding hydrogens is 376 g/mol. The van der Waals surface area contributed by atoms with E-state index in [1.54, 1.807) is 0 Å². The third kappa shape index (κ3) is 8.15. The fraction of sp³-hybridized carbons (Fsp3) is 0.467. The number of aryl methyl sites for hydroxylation is 1. The molecule has 0 N–H and O–H groups in total. The average molecular weight is 417 g/mol. The predicted molar refractivity (Wildman–Crippen MR) is 134 cm³/mol. The van der Waals surface area contributed by atoms with Crippen molar-refractivity contribution in [2.45, 2.75) is 77.7 Å². The van der Waals surface area contributed by atoms with Crippen LogP contribution in [0.4, 0.5) is 0 Å². The fourth-order valence-corrected chi connectivity index (χ4v) is 4.76. The molecule has 2 aromatic carbocycles. The molecule has 1 heteroatoms. The summed E-state index contributed by atoms with van der Waals surface area (Å²) in [6.45, 7) is 5.50. The highest BCUT2D eigenvalue weighted by Crippen LogP contribution is 2.37. The zero-order valence-corrected chi connectivity index (χ0v) is 19.6. The molecule has 1 aliphatic carbocycles. The zero-order valence-electron chi connectivity index (χ0n) is 19.6. The molecule has 1 saturated carbocycles. The average Bonchev–Trinajstić information content (AvgIpc) is 2.82. The first kappa shape index (κ1) is 23.5. The summed E-state index contributed by atoms with van der Waals surface area (Å²) in [5.74, 6) is 1.69. The van der Waals surface area contributed by atoms with Crippen LogP contribution in [0.1, 0.15) is 87.0 Å². The van der Waals surface area contributed by atoms with Crippen LogP contribution in [0.25, 0.3) is 6.08 Å². The van der Waals surface area contributed by atoms with Crippen LogP contribution in [0, 0.1) is 5.92 Å². The smallest absolute Gasteiger partial charge is 0.0721 e. The SMILES string of the molecule is CC=CCOCc1ccc([C@H]2CC[C@H](CCCCc3ccc(C=CC)cc3)CC2)cc1. The molecule has 31 heavy (non-hydrogen) atoms. The molecule has 0 saturated heterocycles. The summed E-state index contributed by atoms with van der Waals surface area (Å²) in [5.41, 5.74) is 5.58. The van der Waals surface area contributed by atoms with Crippen molar-refractivity contribution in [1.29, 1.82) is 0 Å². The predicted octanol–water partition coefficient (Wildman–Crippen LogP) is 8.50. The van der Waals surface area contributed by atoms with Crippen molar-refractivity contribution in [2.75, 3.05) is 6.61 Å². The van der Waals surface area contributed by atoms with Gasteiger partial charge in [0.25, 0.3) is 0 Å². The number of hydrogen-bond acceptors (Lipinski definition) is 1. The molecule has 3 rings (SSSR count). The Morgan fingerprint density at radius 3 is 2.19 bits per heavy atom. The monoisotopic (exact) mass is 416 g/mol. The third-order valence-corrected chi connectivity index (χ3v) is 6.68. The Morgan fingerprint density at radius 1 is 0.806 bits per heavy atom. The highest BCUT2D eigenvalue weighted by atomic mass is 16.5. The Labute approximate surface area is 190 Å². The van der Waals surface area contributed by atoms with Crippen molar-refractivity contribution in [3.8, 4) is 0 Å². The van der Waals surface area contributed by atoms with E-state index in [9.17, 15) is 0 Å². The van der Waals surface area contributed by atoms with Gasteiger partial charge in [0.15, 0.2) is 0 Å². The largest absolute Gasteiger partial charge is 0.373 e. The minimum atomic E-state index is 0.700. The zero-order chi connectivity index (χ0) is 21.7. The van der Waals surface area contributed by atoms with Crippen LogP contribution in [0.15, 0.2) is 66.8 Å². The maximum absolute atomic E-state index is 5.66. The lowest BCUT2D eigenvalue weighted by Gasteiger charge is -2.29. The minimum absolute atomic E-state index is 0.700. The molecular formula is C30H40O. The van der Waals surface area contributed by atoms with Gasteiger partial charge in [-0.2, -0.15) is 0 Å². The van der Waals surface area contributed by atoms with E-state index in [-0.39, 0.29) is 0 Å². The summed E-state index contributed by atoms with van der Waals surface area (Å²) in [6, 6.07) is 18.2. The summed E-state index contributed by atoms with van der Waals surface area (Å²) < 4.78 is 5.66. The van der Waals surface area contributed by atoms with Crippen LogP contribution in [0.5, 0.6) is 0 Å². The maximum Gasteiger partial charge on any atom is 0.0721 e. The van der Waals surface area contributed by atoms with Gasteiger partial charge in [0.05, 0.1) is 13.2 Å². The summed E-state index contributed by atoms with van der Waals surface area (Å²) in [7, 11) is 0. The molecule has 2 aromatic rings. The second-order valence-corrected chi connectivity index (χ2v) is 9.03. The lowest BCUT2D eigenvalue weighted by Crippen LogP contribution is -2.13. The summed E-state index contributed by atoms with van der Waals surface area (Å²) in [6.07, 6.45) is 19.2. The molecule has 0 bridgehead atoms. The van der Waals surface area contributed by atoms with E-state index >= 15 is 0 Å². The van der Waals surface area contributed by atoms with Crippen molar-refractivity contribution in [3.63, 3.8) is 0 Å². The number of rotatable bonds is 11. The molecule has 0 atom stereocenters. The number of unbranched alkanes of at least 4 members (excludes halogenated alkanes) is 1. The normalized spacial score (nSPS) is 19.4. The van der Waals surface area contributed by atoms with Gasteiger partial charge in [-0.3, -0.25) is 0 Å². The number of allylic oxidation sites excluding steroid dienone is 2. The first-order valence-corrected chi connectivity index (χ1v) is 12.3. The van der Waals surface area contributed by atoms with Crippen LogP contribution >= 0.6 is 0 Å². The summed E-state index contributed by atoms with van der Waals surface area (Å²) in [4.78, 5) is 0. The number of hydrogen-bond donors (Lipinski definition) is 0. The summed E-state index contributed by atoms with van der Waals surface area (Å²) in [5, 5.41) is 0. The van der Waals surface area contributed by atoms with Crippen molar-refractivity contribution in [3.05, 3.63) is 89.0 Å². The Morgan fingerprint density at radius 2 is 1.52 bits per heavy atom. The highest BCUT2D eigenvalue weighted by Gasteiger charge is 2.22. The van der Waals surface area contributed by atoms with Crippen LogP contribution in [-0.2, 0) is 17.8 Å². The van der Waals surface area contributed by atoms with Gasteiger partial charge in [0.2, 0.25) is 0 Å². The lowest BCUT2D eigenvalue weighted by molar-refractivity contribution is 0.148. The number of ether oxygens (including phenoxy) is 1. The minimum Gasteiger partial charge on any atom is -0.373 e. The van der Waals surface area contributed by atoms with Gasteiger partial charge >= 0.3 is 0 Å². The van der Waals surface area contributed by atoms with Crippen molar-refractivity contribution >= 4 is 6.08 Å².